The van der Waals surface area contributed by atoms with Gasteiger partial charge in [0.1, 0.15) is 17.7 Å². The van der Waals surface area contributed by atoms with Gasteiger partial charge in [0.25, 0.3) is 11.8 Å². The summed E-state index contributed by atoms with van der Waals surface area (Å²) in [6.07, 6.45) is 1.36. The number of hydrogen-bond acceptors (Lipinski definition) is 7. The van der Waals surface area contributed by atoms with Gasteiger partial charge in [-0.3, -0.25) is 9.59 Å². The normalized spacial score (nSPS) is 13.2. The van der Waals surface area contributed by atoms with Crippen LogP contribution in [0.2, 0.25) is 0 Å². The smallest absolute Gasteiger partial charge is 0.480 e. The highest BCUT2D eigenvalue weighted by Crippen LogP contribution is 2.16. The molecule has 0 spiro atoms. The lowest BCUT2D eigenvalue weighted by Gasteiger charge is -2.15. The molecule has 0 fully saturated rings. The van der Waals surface area contributed by atoms with Crippen molar-refractivity contribution in [1.29, 1.82) is 0 Å². The molecule has 0 saturated carbocycles. The number of aliphatic carboxylic acids is 1. The summed E-state index contributed by atoms with van der Waals surface area (Å²) in [6, 6.07) is 4.15. The molecular formula is C22H24B2F2N2O8. The van der Waals surface area contributed by atoms with Gasteiger partial charge < -0.3 is 35.5 Å². The summed E-state index contributed by atoms with van der Waals surface area (Å²) in [4.78, 5) is 36.1. The van der Waals surface area contributed by atoms with E-state index >= 15 is 0 Å². The second kappa shape index (κ2) is 12.1. The van der Waals surface area contributed by atoms with E-state index in [-0.39, 0.29) is 41.6 Å². The summed E-state index contributed by atoms with van der Waals surface area (Å²) in [7, 11) is -3.13. The number of amides is 2. The fraction of sp³-hybridized carbons (Fsp3) is 0.318. The van der Waals surface area contributed by atoms with E-state index in [9.17, 15) is 33.3 Å². The average Bonchev–Trinajstić information content (AvgIpc) is 3.18. The zero-order chi connectivity index (χ0) is 26.4. The minimum Gasteiger partial charge on any atom is -0.480 e. The molecule has 1 aliphatic heterocycles. The van der Waals surface area contributed by atoms with Gasteiger partial charge in [0, 0.05) is 6.54 Å². The Morgan fingerprint density at radius 1 is 1.03 bits per heavy atom. The molecule has 1 aliphatic rings. The molecular weight excluding hydrogens is 480 g/mol. The summed E-state index contributed by atoms with van der Waals surface area (Å²) in [5.74, 6) is -4.69. The zero-order valence-corrected chi connectivity index (χ0v) is 19.0. The van der Waals surface area contributed by atoms with Crippen LogP contribution in [-0.4, -0.2) is 64.8 Å². The van der Waals surface area contributed by atoms with Gasteiger partial charge in [-0.25, -0.2) is 13.6 Å². The molecule has 0 aliphatic carbocycles. The fourth-order valence-electron chi connectivity index (χ4n) is 3.74. The third-order valence-electron chi connectivity index (χ3n) is 5.73. The van der Waals surface area contributed by atoms with Crippen molar-refractivity contribution in [2.75, 3.05) is 6.54 Å². The van der Waals surface area contributed by atoms with E-state index in [1.807, 2.05) is 0 Å². The van der Waals surface area contributed by atoms with Crippen LogP contribution in [0.5, 0.6) is 0 Å². The van der Waals surface area contributed by atoms with Crippen LogP contribution in [0.3, 0.4) is 0 Å². The molecule has 1 heterocycles. The maximum atomic E-state index is 14.3. The molecule has 6 N–H and O–H groups in total. The van der Waals surface area contributed by atoms with Gasteiger partial charge in [0.2, 0.25) is 0 Å². The quantitative estimate of drug-likeness (QED) is 0.168. The van der Waals surface area contributed by atoms with Crippen LogP contribution >= 0.6 is 0 Å². The van der Waals surface area contributed by atoms with Crippen LogP contribution in [0.25, 0.3) is 0 Å². The number of fused-ring (bicyclic) bond motifs is 1. The molecule has 10 nitrogen and oxygen atoms in total. The summed E-state index contributed by atoms with van der Waals surface area (Å²) < 4.78 is 33.3. The predicted molar refractivity (Wildman–Crippen MR) is 125 cm³/mol. The maximum Gasteiger partial charge on any atom is 0.491 e. The Labute approximate surface area is 205 Å². The molecule has 36 heavy (non-hydrogen) atoms. The first-order chi connectivity index (χ1) is 17.1. The standard InChI is InChI=1S/C22H24B2F2N2O8/c25-17-9-13(23(33)34)5-6-14(17)20(29)27-7-3-1-2-4-19(22(31)32)28-21(30)15-8-12-11-36-24(35)16(12)10-18(15)26/h5-6,8-10,19,33-35H,1-4,7,11H2,(H,27,29)(H,28,30)(H,31,32)/t19-/m0/s1. The Kier molecular flexibility index (Phi) is 9.15. The van der Waals surface area contributed by atoms with E-state index in [4.69, 9.17) is 14.7 Å². The molecule has 2 aromatic carbocycles. The molecule has 190 valence electrons. The molecule has 3 rings (SSSR count). The molecule has 1 atom stereocenters. The number of rotatable bonds is 11. The highest BCUT2D eigenvalue weighted by molar-refractivity contribution is 6.61. The number of carbonyl (C=O) groups is 3. The number of carboxylic acids is 1. The average molecular weight is 504 g/mol. The van der Waals surface area contributed by atoms with Crippen LogP contribution in [0.15, 0.2) is 30.3 Å². The first-order valence-electron chi connectivity index (χ1n) is 11.2. The van der Waals surface area contributed by atoms with E-state index < -0.39 is 49.7 Å². The monoisotopic (exact) mass is 504 g/mol. The zero-order valence-electron chi connectivity index (χ0n) is 19.0. The molecule has 0 saturated heterocycles. The third-order valence-corrected chi connectivity index (χ3v) is 5.73. The van der Waals surface area contributed by atoms with Crippen molar-refractivity contribution < 1.29 is 48.0 Å². The highest BCUT2D eigenvalue weighted by atomic mass is 19.1. The van der Waals surface area contributed by atoms with Crippen LogP contribution in [-0.2, 0) is 16.1 Å². The van der Waals surface area contributed by atoms with E-state index in [1.54, 1.807) is 0 Å². The number of unbranched alkanes of at least 4 members (excludes halogenated alkanes) is 2. The second-order valence-electron chi connectivity index (χ2n) is 8.28. The van der Waals surface area contributed by atoms with Crippen molar-refractivity contribution in [2.24, 2.45) is 0 Å². The molecule has 2 aromatic rings. The Balaban J connectivity index is 1.44. The molecule has 2 amide bonds. The van der Waals surface area contributed by atoms with Crippen molar-refractivity contribution >= 4 is 42.9 Å². The van der Waals surface area contributed by atoms with Crippen molar-refractivity contribution in [3.8, 4) is 0 Å². The summed E-state index contributed by atoms with van der Waals surface area (Å²) in [6.45, 7) is 0.181. The molecule has 14 heteroatoms. The predicted octanol–water partition coefficient (Wildman–Crippen LogP) is -0.964. The number of benzene rings is 2. The Morgan fingerprint density at radius 2 is 1.75 bits per heavy atom. The first kappa shape index (κ1) is 27.3. The minimum atomic E-state index is -1.85. The number of halogens is 2. The van der Waals surface area contributed by atoms with E-state index in [2.05, 4.69) is 10.6 Å². The van der Waals surface area contributed by atoms with Crippen molar-refractivity contribution in [3.63, 3.8) is 0 Å². The van der Waals surface area contributed by atoms with E-state index in [1.165, 1.54) is 12.1 Å². The maximum absolute atomic E-state index is 14.3. The second-order valence-corrected chi connectivity index (χ2v) is 8.28. The van der Waals surface area contributed by atoms with Crippen LogP contribution in [0, 0.1) is 11.6 Å². The summed E-state index contributed by atoms with van der Waals surface area (Å²) in [5, 5.41) is 41.9. The SMILES string of the molecule is O=C(NCCCCC[C@H](NC(=O)c1cc2c(cc1F)B(O)OC2)C(=O)O)c1ccc(B(O)O)cc1F. The summed E-state index contributed by atoms with van der Waals surface area (Å²) in [5.41, 5.74) is -0.0441. The lowest BCUT2D eigenvalue weighted by molar-refractivity contribution is -0.139. The van der Waals surface area contributed by atoms with Gasteiger partial charge in [-0.1, -0.05) is 18.9 Å². The van der Waals surface area contributed by atoms with Gasteiger partial charge >= 0.3 is 20.2 Å². The number of hydrogen-bond donors (Lipinski definition) is 6. The number of carboxylic acid groups (broad SMARTS) is 1. The van der Waals surface area contributed by atoms with Crippen LogP contribution in [0.1, 0.15) is 52.0 Å². The van der Waals surface area contributed by atoms with Gasteiger partial charge in [-0.05, 0) is 53.6 Å². The molecule has 0 radical (unpaired) electrons. The lowest BCUT2D eigenvalue weighted by Crippen LogP contribution is -2.41. The minimum absolute atomic E-state index is 0.000304. The van der Waals surface area contributed by atoms with Crippen molar-refractivity contribution in [3.05, 3.63) is 58.7 Å². The van der Waals surface area contributed by atoms with Crippen LogP contribution in [0.4, 0.5) is 8.78 Å². The Hall–Kier alpha value is -3.32. The number of nitrogens with one attached hydrogen (secondary N) is 2. The summed E-state index contributed by atoms with van der Waals surface area (Å²) >= 11 is 0. The first-order valence-corrected chi connectivity index (χ1v) is 11.2. The van der Waals surface area contributed by atoms with Gasteiger partial charge in [0.05, 0.1) is 17.7 Å². The largest absolute Gasteiger partial charge is 0.491 e. The number of carbonyl (C=O) groups excluding carboxylic acids is 2. The molecule has 0 aromatic heterocycles. The topological polar surface area (TPSA) is 165 Å². The van der Waals surface area contributed by atoms with Gasteiger partial charge in [-0.2, -0.15) is 0 Å². The lowest BCUT2D eigenvalue weighted by atomic mass is 9.79. The third kappa shape index (κ3) is 6.66. The van der Waals surface area contributed by atoms with Crippen molar-refractivity contribution in [1.82, 2.24) is 10.6 Å². The van der Waals surface area contributed by atoms with E-state index in [0.717, 1.165) is 18.2 Å². The highest BCUT2D eigenvalue weighted by Gasteiger charge is 2.31. The Morgan fingerprint density at radius 3 is 2.42 bits per heavy atom. The van der Waals surface area contributed by atoms with Gasteiger partial charge in [-0.15, -0.1) is 0 Å². The van der Waals surface area contributed by atoms with Gasteiger partial charge in [0.15, 0.2) is 0 Å². The molecule has 0 bridgehead atoms. The van der Waals surface area contributed by atoms with Crippen molar-refractivity contribution in [2.45, 2.75) is 38.3 Å². The Bertz CT molecular complexity index is 1150. The van der Waals surface area contributed by atoms with E-state index in [0.29, 0.717) is 24.8 Å². The fourth-order valence-corrected chi connectivity index (χ4v) is 3.74. The van der Waals surface area contributed by atoms with Crippen LogP contribution < -0.4 is 21.6 Å². The molecule has 0 unspecified atom stereocenters.